The van der Waals surface area contributed by atoms with Gasteiger partial charge in [-0.15, -0.1) is 6.42 Å². The number of carbonyl (C=O) groups excluding carboxylic acids is 2. The van der Waals surface area contributed by atoms with Crippen LogP contribution in [0.1, 0.15) is 19.8 Å². The van der Waals surface area contributed by atoms with Gasteiger partial charge < -0.3 is 14.8 Å². The minimum atomic E-state index is -3.69. The van der Waals surface area contributed by atoms with Crippen molar-refractivity contribution in [2.45, 2.75) is 30.6 Å². The fourth-order valence-electron chi connectivity index (χ4n) is 2.03. The van der Waals surface area contributed by atoms with E-state index in [0.717, 1.165) is 6.26 Å². The molecule has 1 rings (SSSR count). The first-order valence-corrected chi connectivity index (χ1v) is 8.33. The van der Waals surface area contributed by atoms with Gasteiger partial charge in [0.2, 0.25) is 0 Å². The summed E-state index contributed by atoms with van der Waals surface area (Å²) in [6.45, 7) is 1.67. The van der Waals surface area contributed by atoms with E-state index < -0.39 is 32.6 Å². The predicted molar refractivity (Wildman–Crippen MR) is 75.0 cm³/mol. The average Bonchev–Trinajstić information content (AvgIpc) is 2.44. The highest BCUT2D eigenvalue weighted by Gasteiger charge is 2.51. The van der Waals surface area contributed by atoms with E-state index in [9.17, 15) is 18.0 Å². The summed E-state index contributed by atoms with van der Waals surface area (Å²) in [7, 11) is -3.69. The maximum atomic E-state index is 12.3. The smallest absolute Gasteiger partial charge is 0.328 e. The van der Waals surface area contributed by atoms with Gasteiger partial charge in [-0.1, -0.05) is 5.92 Å². The largest absolute Gasteiger partial charge is 0.451 e. The quantitative estimate of drug-likeness (QED) is 0.530. The van der Waals surface area contributed by atoms with Crippen LogP contribution in [0.25, 0.3) is 0 Å². The molecule has 118 valence electrons. The summed E-state index contributed by atoms with van der Waals surface area (Å²) in [5.74, 6) is 0.725. The Kier molecular flexibility index (Phi) is 5.75. The van der Waals surface area contributed by atoms with E-state index in [2.05, 4.69) is 11.2 Å². The van der Waals surface area contributed by atoms with Crippen molar-refractivity contribution in [1.29, 1.82) is 0 Å². The van der Waals surface area contributed by atoms with Crippen molar-refractivity contribution in [2.24, 2.45) is 0 Å². The third-order valence-electron chi connectivity index (χ3n) is 3.40. The summed E-state index contributed by atoms with van der Waals surface area (Å²) in [5, 5.41) is 2.37. The summed E-state index contributed by atoms with van der Waals surface area (Å²) in [6.07, 6.45) is 4.91. The van der Waals surface area contributed by atoms with Crippen molar-refractivity contribution in [3.8, 4) is 12.3 Å². The van der Waals surface area contributed by atoms with Crippen LogP contribution in [-0.2, 0) is 28.9 Å². The zero-order valence-corrected chi connectivity index (χ0v) is 12.9. The Morgan fingerprint density at radius 1 is 1.43 bits per heavy atom. The highest BCUT2D eigenvalue weighted by molar-refractivity contribution is 7.92. The number of esters is 1. The molecule has 0 aromatic heterocycles. The number of rotatable bonds is 5. The van der Waals surface area contributed by atoms with E-state index >= 15 is 0 Å². The Labute approximate surface area is 124 Å². The second kappa shape index (κ2) is 6.91. The average molecular weight is 317 g/mol. The van der Waals surface area contributed by atoms with Crippen LogP contribution in [0.3, 0.4) is 0 Å². The van der Waals surface area contributed by atoms with E-state index in [1.54, 1.807) is 0 Å². The maximum absolute atomic E-state index is 12.3. The van der Waals surface area contributed by atoms with Crippen molar-refractivity contribution in [3.63, 3.8) is 0 Å². The lowest BCUT2D eigenvalue weighted by Gasteiger charge is -2.33. The van der Waals surface area contributed by atoms with Crippen LogP contribution in [0, 0.1) is 12.3 Å². The number of carbonyl (C=O) groups is 2. The molecular formula is C13H19NO6S. The fraction of sp³-hybridized carbons (Fsp3) is 0.692. The van der Waals surface area contributed by atoms with Crippen LogP contribution in [0.5, 0.6) is 0 Å². The van der Waals surface area contributed by atoms with Gasteiger partial charge in [0.1, 0.15) is 0 Å². The van der Waals surface area contributed by atoms with Crippen LogP contribution >= 0.6 is 0 Å². The monoisotopic (exact) mass is 317 g/mol. The Balaban J connectivity index is 2.84. The Hall–Kier alpha value is -1.59. The van der Waals surface area contributed by atoms with Crippen LogP contribution in [-0.4, -0.2) is 57.2 Å². The zero-order chi connectivity index (χ0) is 16.1. The first-order chi connectivity index (χ1) is 9.74. The Bertz CT molecular complexity index is 541. The molecular weight excluding hydrogens is 298 g/mol. The van der Waals surface area contributed by atoms with Gasteiger partial charge >= 0.3 is 5.97 Å². The van der Waals surface area contributed by atoms with E-state index in [0.29, 0.717) is 0 Å². The van der Waals surface area contributed by atoms with Crippen molar-refractivity contribution in [2.75, 3.05) is 26.0 Å². The molecule has 0 aromatic rings. The zero-order valence-electron chi connectivity index (χ0n) is 12.0. The molecule has 7 nitrogen and oxygen atoms in total. The lowest BCUT2D eigenvalue weighted by molar-refractivity contribution is -0.159. The van der Waals surface area contributed by atoms with Crippen LogP contribution < -0.4 is 5.32 Å². The highest BCUT2D eigenvalue weighted by Crippen LogP contribution is 2.31. The maximum Gasteiger partial charge on any atom is 0.328 e. The number of terminal acetylenes is 1. The van der Waals surface area contributed by atoms with Gasteiger partial charge in [0, 0.05) is 32.3 Å². The van der Waals surface area contributed by atoms with E-state index in [-0.39, 0.29) is 32.6 Å². The lowest BCUT2D eigenvalue weighted by atomic mass is 9.99. The molecule has 8 heteroatoms. The number of sulfone groups is 1. The second-order valence-corrected chi connectivity index (χ2v) is 7.17. The van der Waals surface area contributed by atoms with Crippen molar-refractivity contribution in [1.82, 2.24) is 5.32 Å². The minimum Gasteiger partial charge on any atom is -0.451 e. The molecule has 1 aliphatic heterocycles. The molecule has 1 N–H and O–H groups in total. The van der Waals surface area contributed by atoms with Gasteiger partial charge in [-0.25, -0.2) is 8.42 Å². The number of amides is 1. The first-order valence-electron chi connectivity index (χ1n) is 6.44. The van der Waals surface area contributed by atoms with Crippen LogP contribution in [0.15, 0.2) is 0 Å². The van der Waals surface area contributed by atoms with E-state index in [4.69, 9.17) is 15.9 Å². The SMILES string of the molecule is C#CCNC(=O)C(C)OC(=O)C1(S(C)(=O)=O)CCOCC1. The summed E-state index contributed by atoms with van der Waals surface area (Å²) in [6, 6.07) is 0. The van der Waals surface area contributed by atoms with Gasteiger partial charge in [-0.05, 0) is 6.92 Å². The van der Waals surface area contributed by atoms with E-state index in [1.165, 1.54) is 6.92 Å². The van der Waals surface area contributed by atoms with Crippen molar-refractivity contribution in [3.05, 3.63) is 0 Å². The topological polar surface area (TPSA) is 98.8 Å². The standard InChI is InChI=1S/C13H19NO6S/c1-4-7-14-11(15)10(2)20-12(16)13(21(3,17)18)5-8-19-9-6-13/h1,10H,5-9H2,2-3H3,(H,14,15). The van der Waals surface area contributed by atoms with Gasteiger partial charge in [-0.2, -0.15) is 0 Å². The van der Waals surface area contributed by atoms with Gasteiger partial charge in [0.15, 0.2) is 20.7 Å². The predicted octanol–water partition coefficient (Wildman–Crippen LogP) is -0.739. The number of ether oxygens (including phenoxy) is 2. The molecule has 0 radical (unpaired) electrons. The summed E-state index contributed by atoms with van der Waals surface area (Å²) in [4.78, 5) is 23.9. The Morgan fingerprint density at radius 2 is 2.00 bits per heavy atom. The lowest BCUT2D eigenvalue weighted by Crippen LogP contribution is -2.52. The molecule has 21 heavy (non-hydrogen) atoms. The molecule has 1 amide bonds. The molecule has 1 fully saturated rings. The summed E-state index contributed by atoms with van der Waals surface area (Å²) >= 11 is 0. The third-order valence-corrected chi connectivity index (χ3v) is 5.39. The normalized spacial score (nSPS) is 19.1. The molecule has 0 spiro atoms. The minimum absolute atomic E-state index is 0.00574. The molecule has 1 aliphatic rings. The number of hydrogen-bond acceptors (Lipinski definition) is 6. The Morgan fingerprint density at radius 3 is 2.48 bits per heavy atom. The number of nitrogens with one attached hydrogen (secondary N) is 1. The van der Waals surface area contributed by atoms with Crippen molar-refractivity contribution >= 4 is 21.7 Å². The van der Waals surface area contributed by atoms with Gasteiger partial charge in [0.05, 0.1) is 6.54 Å². The molecule has 0 aliphatic carbocycles. The first kappa shape index (κ1) is 17.5. The molecule has 1 heterocycles. The van der Waals surface area contributed by atoms with Crippen LogP contribution in [0.4, 0.5) is 0 Å². The second-order valence-electron chi connectivity index (χ2n) is 4.85. The molecule has 1 unspecified atom stereocenters. The number of hydrogen-bond donors (Lipinski definition) is 1. The molecule has 0 aromatic carbocycles. The molecule has 0 saturated carbocycles. The summed E-state index contributed by atoms with van der Waals surface area (Å²) < 4.78 is 32.5. The molecule has 1 saturated heterocycles. The van der Waals surface area contributed by atoms with Gasteiger partial charge in [-0.3, -0.25) is 9.59 Å². The fourth-order valence-corrected chi connectivity index (χ4v) is 3.29. The molecule has 0 bridgehead atoms. The van der Waals surface area contributed by atoms with Gasteiger partial charge in [0.25, 0.3) is 5.91 Å². The molecule has 1 atom stereocenters. The van der Waals surface area contributed by atoms with Crippen molar-refractivity contribution < 1.29 is 27.5 Å². The van der Waals surface area contributed by atoms with Crippen LogP contribution in [0.2, 0.25) is 0 Å². The summed E-state index contributed by atoms with van der Waals surface area (Å²) in [5.41, 5.74) is 0. The third kappa shape index (κ3) is 3.95. The highest BCUT2D eigenvalue weighted by atomic mass is 32.2. The van der Waals surface area contributed by atoms with E-state index in [1.807, 2.05) is 0 Å².